The third-order valence-corrected chi connectivity index (χ3v) is 7.71. The van der Waals surface area contributed by atoms with Gasteiger partial charge in [-0.1, -0.05) is 31.2 Å². The number of benzene rings is 1. The van der Waals surface area contributed by atoms with Crippen molar-refractivity contribution in [3.05, 3.63) is 71.0 Å². The standard InChI is InChI=1S/C30H33F4N5O3/c1-20-6-4-11-39(19-20)29-36-28(30(32,33)34)27(42-29)24(40)16-21-9-10-25(35-18-21)37-12-5-13-38(15-14-37)26(41)17-22-7-2-3-8-23(22)31/h2-3,7-10,18,20H,4-6,11-17,19H2,1H3. The first-order valence-electron chi connectivity index (χ1n) is 14.2. The van der Waals surface area contributed by atoms with Crippen LogP contribution in [-0.2, 0) is 23.8 Å². The first-order valence-corrected chi connectivity index (χ1v) is 14.2. The molecular weight excluding hydrogens is 554 g/mol. The molecule has 0 radical (unpaired) electrons. The van der Waals surface area contributed by atoms with E-state index in [9.17, 15) is 27.2 Å². The highest BCUT2D eigenvalue weighted by Gasteiger charge is 2.42. The Bertz CT molecular complexity index is 1410. The van der Waals surface area contributed by atoms with E-state index in [1.54, 1.807) is 40.1 Å². The number of Topliss-reactive ketones (excluding diaryl/α,β-unsaturated/α-hetero) is 1. The molecule has 0 bridgehead atoms. The number of carbonyl (C=O) groups is 2. The van der Waals surface area contributed by atoms with Crippen molar-refractivity contribution >= 4 is 23.5 Å². The smallest absolute Gasteiger partial charge is 0.420 e. The number of nitrogens with zero attached hydrogens (tertiary/aromatic N) is 5. The zero-order chi connectivity index (χ0) is 29.9. The van der Waals surface area contributed by atoms with Crippen LogP contribution in [0.2, 0.25) is 0 Å². The number of anilines is 2. The Labute approximate surface area is 241 Å². The van der Waals surface area contributed by atoms with E-state index in [0.717, 1.165) is 12.8 Å². The lowest BCUT2D eigenvalue weighted by atomic mass is 10.0. The summed E-state index contributed by atoms with van der Waals surface area (Å²) in [6.45, 7) is 5.18. The highest BCUT2D eigenvalue weighted by Crippen LogP contribution is 2.35. The molecule has 1 unspecified atom stereocenters. The van der Waals surface area contributed by atoms with Crippen molar-refractivity contribution in [2.24, 2.45) is 5.92 Å². The first-order chi connectivity index (χ1) is 20.1. The Morgan fingerprint density at radius 3 is 2.48 bits per heavy atom. The molecule has 3 aromatic rings. The summed E-state index contributed by atoms with van der Waals surface area (Å²) < 4.78 is 60.7. The molecule has 224 valence electrons. The van der Waals surface area contributed by atoms with Crippen LogP contribution in [0.4, 0.5) is 29.4 Å². The van der Waals surface area contributed by atoms with Crippen LogP contribution >= 0.6 is 0 Å². The molecule has 1 aromatic carbocycles. The zero-order valence-electron chi connectivity index (χ0n) is 23.4. The molecular formula is C30H33F4N5O3. The van der Waals surface area contributed by atoms with Crippen LogP contribution in [-0.4, -0.2) is 65.8 Å². The fraction of sp³-hybridized carbons (Fsp3) is 0.467. The average molecular weight is 588 g/mol. The molecule has 42 heavy (non-hydrogen) atoms. The number of alkyl halides is 3. The topological polar surface area (TPSA) is 82.8 Å². The maximum Gasteiger partial charge on any atom is 0.437 e. The molecule has 4 heterocycles. The summed E-state index contributed by atoms with van der Waals surface area (Å²) in [5, 5.41) is 0. The van der Waals surface area contributed by atoms with Gasteiger partial charge in [-0.3, -0.25) is 9.59 Å². The van der Waals surface area contributed by atoms with Crippen LogP contribution in [0, 0.1) is 11.7 Å². The Kier molecular flexibility index (Phi) is 8.79. The third kappa shape index (κ3) is 6.91. The van der Waals surface area contributed by atoms with E-state index in [4.69, 9.17) is 4.42 Å². The largest absolute Gasteiger partial charge is 0.437 e. The lowest BCUT2D eigenvalue weighted by Gasteiger charge is -2.29. The van der Waals surface area contributed by atoms with Gasteiger partial charge in [0.25, 0.3) is 6.01 Å². The third-order valence-electron chi connectivity index (χ3n) is 7.71. The number of halogens is 4. The quantitative estimate of drug-likeness (QED) is 0.279. The summed E-state index contributed by atoms with van der Waals surface area (Å²) in [7, 11) is 0. The predicted molar refractivity (Wildman–Crippen MR) is 148 cm³/mol. The van der Waals surface area contributed by atoms with Gasteiger partial charge in [0.05, 0.1) is 6.42 Å². The minimum Gasteiger partial charge on any atom is -0.420 e. The number of amides is 1. The maximum absolute atomic E-state index is 14.0. The Hall–Kier alpha value is -3.96. The molecule has 8 nitrogen and oxygen atoms in total. The number of piperidine rings is 1. The molecule has 0 spiro atoms. The fourth-order valence-corrected chi connectivity index (χ4v) is 5.47. The van der Waals surface area contributed by atoms with Gasteiger partial charge in [0, 0.05) is 51.9 Å². The van der Waals surface area contributed by atoms with Crippen molar-refractivity contribution in [3.63, 3.8) is 0 Å². The van der Waals surface area contributed by atoms with E-state index in [0.29, 0.717) is 62.6 Å². The number of aromatic nitrogens is 2. The minimum atomic E-state index is -4.83. The fourth-order valence-electron chi connectivity index (χ4n) is 5.47. The van der Waals surface area contributed by atoms with Gasteiger partial charge in [0.1, 0.15) is 11.6 Å². The molecule has 1 atom stereocenters. The highest BCUT2D eigenvalue weighted by atomic mass is 19.4. The molecule has 12 heteroatoms. The summed E-state index contributed by atoms with van der Waals surface area (Å²) in [4.78, 5) is 39.3. The SMILES string of the molecule is CC1CCCN(c2nc(C(F)(F)F)c(C(=O)Cc3ccc(N4CCCN(C(=O)Cc5ccccc5F)CC4)nc3)o2)C1. The van der Waals surface area contributed by atoms with Crippen LogP contribution in [0.5, 0.6) is 0 Å². The predicted octanol–water partition coefficient (Wildman–Crippen LogP) is 5.17. The van der Waals surface area contributed by atoms with Gasteiger partial charge >= 0.3 is 6.18 Å². The number of hydrogen-bond acceptors (Lipinski definition) is 7. The van der Waals surface area contributed by atoms with E-state index in [2.05, 4.69) is 9.97 Å². The Morgan fingerprint density at radius 1 is 0.976 bits per heavy atom. The molecule has 2 fully saturated rings. The van der Waals surface area contributed by atoms with Gasteiger partial charge < -0.3 is 19.1 Å². The molecule has 2 saturated heterocycles. The van der Waals surface area contributed by atoms with E-state index >= 15 is 0 Å². The van der Waals surface area contributed by atoms with Crippen molar-refractivity contribution in [2.75, 3.05) is 49.1 Å². The molecule has 1 amide bonds. The first kappa shape index (κ1) is 29.5. The lowest BCUT2D eigenvalue weighted by Crippen LogP contribution is -2.36. The number of carbonyl (C=O) groups excluding carboxylic acids is 2. The second kappa shape index (κ2) is 12.5. The van der Waals surface area contributed by atoms with Gasteiger partial charge in [0.2, 0.25) is 17.5 Å². The molecule has 0 aliphatic carbocycles. The van der Waals surface area contributed by atoms with Crippen molar-refractivity contribution in [3.8, 4) is 0 Å². The van der Waals surface area contributed by atoms with Gasteiger partial charge in [-0.25, -0.2) is 9.37 Å². The maximum atomic E-state index is 14.0. The molecule has 5 rings (SSSR count). The zero-order valence-corrected chi connectivity index (χ0v) is 23.4. The van der Waals surface area contributed by atoms with Gasteiger partial charge in [-0.2, -0.15) is 18.2 Å². The van der Waals surface area contributed by atoms with Gasteiger partial charge in [-0.15, -0.1) is 0 Å². The number of pyridine rings is 1. The molecule has 2 aliphatic rings. The monoisotopic (exact) mass is 587 g/mol. The second-order valence-corrected chi connectivity index (χ2v) is 11.0. The molecule has 0 N–H and O–H groups in total. The summed E-state index contributed by atoms with van der Waals surface area (Å²) in [5.41, 5.74) is -0.498. The summed E-state index contributed by atoms with van der Waals surface area (Å²) in [6, 6.07) is 9.42. The van der Waals surface area contributed by atoms with E-state index in [1.807, 2.05) is 11.8 Å². The molecule has 0 saturated carbocycles. The average Bonchev–Trinajstić information content (AvgIpc) is 3.28. The van der Waals surface area contributed by atoms with Crippen molar-refractivity contribution < 1.29 is 31.6 Å². The van der Waals surface area contributed by atoms with Crippen LogP contribution in [0.15, 0.2) is 47.0 Å². The van der Waals surface area contributed by atoms with E-state index < -0.39 is 29.2 Å². The number of ketones is 1. The minimum absolute atomic E-state index is 0.00641. The summed E-state index contributed by atoms with van der Waals surface area (Å²) in [5.74, 6) is -1.23. The highest BCUT2D eigenvalue weighted by molar-refractivity contribution is 5.96. The molecule has 2 aromatic heterocycles. The van der Waals surface area contributed by atoms with Crippen LogP contribution in [0.25, 0.3) is 0 Å². The van der Waals surface area contributed by atoms with Crippen LogP contribution in [0.3, 0.4) is 0 Å². The lowest BCUT2D eigenvalue weighted by molar-refractivity contribution is -0.141. The Morgan fingerprint density at radius 2 is 1.76 bits per heavy atom. The van der Waals surface area contributed by atoms with Crippen LogP contribution < -0.4 is 9.80 Å². The van der Waals surface area contributed by atoms with Gasteiger partial charge in [-0.05, 0) is 48.4 Å². The Balaban J connectivity index is 1.21. The van der Waals surface area contributed by atoms with E-state index in [1.165, 1.54) is 12.3 Å². The van der Waals surface area contributed by atoms with Crippen molar-refractivity contribution in [1.29, 1.82) is 0 Å². The summed E-state index contributed by atoms with van der Waals surface area (Å²) >= 11 is 0. The number of hydrogen-bond donors (Lipinski definition) is 0. The van der Waals surface area contributed by atoms with Crippen LogP contribution in [0.1, 0.15) is 53.6 Å². The number of oxazole rings is 1. The van der Waals surface area contributed by atoms with Crippen molar-refractivity contribution in [2.45, 2.75) is 45.2 Å². The van der Waals surface area contributed by atoms with Crippen molar-refractivity contribution in [1.82, 2.24) is 14.9 Å². The van der Waals surface area contributed by atoms with Gasteiger partial charge in [0.15, 0.2) is 5.69 Å². The molecule has 2 aliphatic heterocycles. The normalized spacial score (nSPS) is 18.2. The number of rotatable bonds is 7. The summed E-state index contributed by atoms with van der Waals surface area (Å²) in [6.07, 6.45) is -1.21. The van der Waals surface area contributed by atoms with E-state index in [-0.39, 0.29) is 30.7 Å². The second-order valence-electron chi connectivity index (χ2n) is 11.0.